The summed E-state index contributed by atoms with van der Waals surface area (Å²) < 4.78 is 4.78. The Hall–Kier alpha value is -1.55. The Morgan fingerprint density at radius 3 is 2.38 bits per heavy atom. The van der Waals surface area contributed by atoms with E-state index >= 15 is 0 Å². The predicted octanol–water partition coefficient (Wildman–Crippen LogP) is 1.47. The molecule has 0 aliphatic carbocycles. The lowest BCUT2D eigenvalue weighted by atomic mass is 9.99. The molecule has 0 heterocycles. The predicted molar refractivity (Wildman–Crippen MR) is 60.0 cm³/mol. The smallest absolute Gasteiger partial charge is 0.323 e. The maximum absolute atomic E-state index is 11.5. The molecule has 0 saturated carbocycles. The van der Waals surface area contributed by atoms with Gasteiger partial charge in [-0.15, -0.1) is 0 Å². The van der Waals surface area contributed by atoms with Gasteiger partial charge in [-0.05, 0) is 24.6 Å². The third-order valence-electron chi connectivity index (χ3n) is 2.01. The molecule has 0 bridgehead atoms. The molecule has 2 N–H and O–H groups in total. The van der Waals surface area contributed by atoms with Crippen LogP contribution < -0.4 is 5.73 Å². The summed E-state index contributed by atoms with van der Waals surface area (Å²) >= 11 is 5.70. The highest BCUT2D eigenvalue weighted by Gasteiger charge is 2.27. The molecule has 1 atom stereocenters. The first-order valence-corrected chi connectivity index (χ1v) is 5.15. The normalized spacial score (nSPS) is 11.9. The molecule has 4 nitrogen and oxygen atoms in total. The molecule has 16 heavy (non-hydrogen) atoms. The van der Waals surface area contributed by atoms with Crippen molar-refractivity contribution in [2.24, 2.45) is 5.73 Å². The highest BCUT2D eigenvalue weighted by molar-refractivity contribution is 6.30. The van der Waals surface area contributed by atoms with Crippen LogP contribution >= 0.6 is 11.6 Å². The molecule has 0 fully saturated rings. The molecule has 0 saturated heterocycles. The van der Waals surface area contributed by atoms with Gasteiger partial charge in [-0.3, -0.25) is 9.59 Å². The van der Waals surface area contributed by atoms with Crippen LogP contribution in [0.3, 0.4) is 0 Å². The van der Waals surface area contributed by atoms with Crippen molar-refractivity contribution in [1.29, 1.82) is 0 Å². The zero-order valence-corrected chi connectivity index (χ0v) is 9.53. The number of primary amides is 1. The van der Waals surface area contributed by atoms with Crippen LogP contribution in [0.5, 0.6) is 0 Å². The lowest BCUT2D eigenvalue weighted by Crippen LogP contribution is -2.29. The fraction of sp³-hybridized carbons (Fsp3) is 0.273. The largest absolute Gasteiger partial charge is 0.465 e. The summed E-state index contributed by atoms with van der Waals surface area (Å²) in [7, 11) is 0. The average molecular weight is 242 g/mol. The van der Waals surface area contributed by atoms with Gasteiger partial charge in [0.15, 0.2) is 5.92 Å². The van der Waals surface area contributed by atoms with Crippen LogP contribution in [0.25, 0.3) is 0 Å². The van der Waals surface area contributed by atoms with Crippen LogP contribution in [0.2, 0.25) is 5.02 Å². The van der Waals surface area contributed by atoms with E-state index in [1.54, 1.807) is 31.2 Å². The number of carbonyl (C=O) groups is 2. The Balaban J connectivity index is 2.98. The molecular formula is C11H12ClNO3. The van der Waals surface area contributed by atoms with Crippen LogP contribution in [0.15, 0.2) is 24.3 Å². The Kier molecular flexibility index (Phi) is 4.31. The van der Waals surface area contributed by atoms with Crippen LogP contribution in [0.1, 0.15) is 18.4 Å². The summed E-state index contributed by atoms with van der Waals surface area (Å²) in [4.78, 5) is 22.7. The maximum Gasteiger partial charge on any atom is 0.323 e. The minimum absolute atomic E-state index is 0.205. The van der Waals surface area contributed by atoms with Crippen LogP contribution in [0.4, 0.5) is 0 Å². The number of benzene rings is 1. The second-order valence-electron chi connectivity index (χ2n) is 3.14. The monoisotopic (exact) mass is 241 g/mol. The van der Waals surface area contributed by atoms with Crippen molar-refractivity contribution in [2.45, 2.75) is 12.8 Å². The van der Waals surface area contributed by atoms with Gasteiger partial charge < -0.3 is 10.5 Å². The number of amides is 1. The topological polar surface area (TPSA) is 69.4 Å². The fourth-order valence-electron chi connectivity index (χ4n) is 1.30. The van der Waals surface area contributed by atoms with Gasteiger partial charge in [-0.25, -0.2) is 0 Å². The molecule has 1 aromatic rings. The Labute approximate surface area is 98.3 Å². The first-order chi connectivity index (χ1) is 7.56. The van der Waals surface area contributed by atoms with Crippen molar-refractivity contribution in [3.8, 4) is 0 Å². The van der Waals surface area contributed by atoms with Crippen LogP contribution in [-0.4, -0.2) is 18.5 Å². The van der Waals surface area contributed by atoms with E-state index in [1.807, 2.05) is 0 Å². The van der Waals surface area contributed by atoms with Gasteiger partial charge in [-0.2, -0.15) is 0 Å². The number of ether oxygens (including phenoxy) is 1. The highest BCUT2D eigenvalue weighted by atomic mass is 35.5. The Morgan fingerprint density at radius 2 is 1.94 bits per heavy atom. The number of rotatable bonds is 4. The van der Waals surface area contributed by atoms with E-state index in [-0.39, 0.29) is 6.61 Å². The summed E-state index contributed by atoms with van der Waals surface area (Å²) in [6.45, 7) is 1.87. The molecule has 0 spiro atoms. The van der Waals surface area contributed by atoms with E-state index in [0.717, 1.165) is 0 Å². The van der Waals surface area contributed by atoms with Crippen molar-refractivity contribution in [1.82, 2.24) is 0 Å². The number of hydrogen-bond acceptors (Lipinski definition) is 3. The van der Waals surface area contributed by atoms with E-state index in [1.165, 1.54) is 0 Å². The van der Waals surface area contributed by atoms with E-state index in [9.17, 15) is 9.59 Å². The molecular weight excluding hydrogens is 230 g/mol. The minimum atomic E-state index is -1.07. The molecule has 0 aliphatic rings. The molecule has 1 amide bonds. The molecule has 0 aliphatic heterocycles. The van der Waals surface area contributed by atoms with Crippen molar-refractivity contribution in [3.05, 3.63) is 34.9 Å². The summed E-state index contributed by atoms with van der Waals surface area (Å²) in [6.07, 6.45) is 0. The lowest BCUT2D eigenvalue weighted by molar-refractivity contribution is -0.147. The number of carbonyl (C=O) groups excluding carboxylic acids is 2. The quantitative estimate of drug-likeness (QED) is 0.641. The van der Waals surface area contributed by atoms with Crippen molar-refractivity contribution in [2.75, 3.05) is 6.61 Å². The molecule has 5 heteroatoms. The highest BCUT2D eigenvalue weighted by Crippen LogP contribution is 2.19. The second kappa shape index (κ2) is 5.51. The molecule has 0 radical (unpaired) electrons. The third kappa shape index (κ3) is 2.97. The van der Waals surface area contributed by atoms with Gasteiger partial charge in [-0.1, -0.05) is 23.7 Å². The van der Waals surface area contributed by atoms with Gasteiger partial charge in [0, 0.05) is 5.02 Å². The summed E-state index contributed by atoms with van der Waals surface area (Å²) in [6, 6.07) is 6.33. The van der Waals surface area contributed by atoms with Crippen LogP contribution in [-0.2, 0) is 14.3 Å². The number of esters is 1. The second-order valence-corrected chi connectivity index (χ2v) is 3.58. The van der Waals surface area contributed by atoms with E-state index < -0.39 is 17.8 Å². The molecule has 0 aromatic heterocycles. The molecule has 86 valence electrons. The average Bonchev–Trinajstić information content (AvgIpc) is 2.21. The van der Waals surface area contributed by atoms with Gasteiger partial charge >= 0.3 is 5.97 Å². The van der Waals surface area contributed by atoms with Crippen molar-refractivity contribution >= 4 is 23.5 Å². The Bertz CT molecular complexity index is 389. The third-order valence-corrected chi connectivity index (χ3v) is 2.26. The van der Waals surface area contributed by atoms with Crippen LogP contribution in [0, 0.1) is 0 Å². The number of nitrogens with two attached hydrogens (primary N) is 1. The van der Waals surface area contributed by atoms with Crippen molar-refractivity contribution in [3.63, 3.8) is 0 Å². The molecule has 1 aromatic carbocycles. The SMILES string of the molecule is CCOC(=O)[C@H](C(N)=O)c1ccc(Cl)cc1. The summed E-state index contributed by atoms with van der Waals surface area (Å²) in [5.41, 5.74) is 5.65. The first kappa shape index (κ1) is 12.5. The van der Waals surface area contributed by atoms with Gasteiger partial charge in [0.05, 0.1) is 6.61 Å². The van der Waals surface area contributed by atoms with E-state index in [4.69, 9.17) is 22.1 Å². The van der Waals surface area contributed by atoms with Gasteiger partial charge in [0.25, 0.3) is 0 Å². The standard InChI is InChI=1S/C11H12ClNO3/c1-2-16-11(15)9(10(13)14)7-3-5-8(12)6-4-7/h3-6,9H,2H2,1H3,(H2,13,14)/t9-/m0/s1. The lowest BCUT2D eigenvalue weighted by Gasteiger charge is -2.12. The first-order valence-electron chi connectivity index (χ1n) is 4.77. The van der Waals surface area contributed by atoms with Crippen molar-refractivity contribution < 1.29 is 14.3 Å². The maximum atomic E-state index is 11.5. The number of hydrogen-bond donors (Lipinski definition) is 1. The molecule has 0 unspecified atom stereocenters. The summed E-state index contributed by atoms with van der Waals surface area (Å²) in [5.74, 6) is -2.45. The van der Waals surface area contributed by atoms with Gasteiger partial charge in [0.2, 0.25) is 5.91 Å². The Morgan fingerprint density at radius 1 is 1.38 bits per heavy atom. The minimum Gasteiger partial charge on any atom is -0.465 e. The van der Waals surface area contributed by atoms with E-state index in [0.29, 0.717) is 10.6 Å². The zero-order valence-electron chi connectivity index (χ0n) is 8.77. The molecule has 1 rings (SSSR count). The fourth-order valence-corrected chi connectivity index (χ4v) is 1.42. The zero-order chi connectivity index (χ0) is 12.1. The van der Waals surface area contributed by atoms with E-state index in [2.05, 4.69) is 0 Å². The summed E-state index contributed by atoms with van der Waals surface area (Å²) in [5, 5.41) is 0.524. The van der Waals surface area contributed by atoms with Gasteiger partial charge in [0.1, 0.15) is 0 Å². The number of halogens is 1.